The minimum absolute atomic E-state index is 0.0238. The Hall–Kier alpha value is -1.73. The van der Waals surface area contributed by atoms with E-state index in [-0.39, 0.29) is 17.6 Å². The molecule has 3 saturated heterocycles. The number of rotatable bonds is 2. The summed E-state index contributed by atoms with van der Waals surface area (Å²) in [4.78, 5) is 26.0. The van der Waals surface area contributed by atoms with Gasteiger partial charge in [0.2, 0.25) is 5.95 Å². The van der Waals surface area contributed by atoms with Gasteiger partial charge < -0.3 is 19.3 Å². The number of amides is 1. The molecule has 7 heteroatoms. The van der Waals surface area contributed by atoms with Crippen LogP contribution in [0.15, 0.2) is 12.3 Å². The van der Waals surface area contributed by atoms with E-state index < -0.39 is 0 Å². The molecule has 1 amide bonds. The van der Waals surface area contributed by atoms with E-state index in [1.54, 1.807) is 12.3 Å². The first-order valence-corrected chi connectivity index (χ1v) is 9.28. The van der Waals surface area contributed by atoms with E-state index in [0.717, 1.165) is 38.8 Å². The Kier molecular flexibility index (Phi) is 4.60. The van der Waals surface area contributed by atoms with Crippen LogP contribution in [0.5, 0.6) is 0 Å². The van der Waals surface area contributed by atoms with Gasteiger partial charge in [0.15, 0.2) is 0 Å². The molecule has 0 aliphatic carbocycles. The fraction of sp³-hybridized carbons (Fsp3) is 0.722. The van der Waals surface area contributed by atoms with E-state index in [0.29, 0.717) is 37.9 Å². The van der Waals surface area contributed by atoms with Crippen molar-refractivity contribution in [1.82, 2.24) is 14.9 Å². The largest absolute Gasteiger partial charge is 0.381 e. The highest BCUT2D eigenvalue weighted by Gasteiger charge is 2.42. The Morgan fingerprint density at radius 2 is 2.04 bits per heavy atom. The van der Waals surface area contributed by atoms with Crippen molar-refractivity contribution in [3.8, 4) is 0 Å². The van der Waals surface area contributed by atoms with Crippen molar-refractivity contribution < 1.29 is 14.3 Å². The Morgan fingerprint density at radius 3 is 2.80 bits per heavy atom. The third-order valence-electron chi connectivity index (χ3n) is 5.35. The predicted molar refractivity (Wildman–Crippen MR) is 92.7 cm³/mol. The summed E-state index contributed by atoms with van der Waals surface area (Å²) in [6.45, 7) is 6.58. The van der Waals surface area contributed by atoms with Gasteiger partial charge in [-0.1, -0.05) is 0 Å². The van der Waals surface area contributed by atoms with Crippen molar-refractivity contribution in [2.24, 2.45) is 0 Å². The van der Waals surface area contributed by atoms with Crippen molar-refractivity contribution in [2.75, 3.05) is 44.3 Å². The molecule has 7 nitrogen and oxygen atoms in total. The van der Waals surface area contributed by atoms with Crippen molar-refractivity contribution in [3.63, 3.8) is 0 Å². The molecule has 1 atom stereocenters. The number of hydrogen-bond acceptors (Lipinski definition) is 6. The lowest BCUT2D eigenvalue weighted by atomic mass is 9.91. The Bertz CT molecular complexity index is 627. The summed E-state index contributed by atoms with van der Waals surface area (Å²) in [5.41, 5.74) is 0.212. The molecule has 4 heterocycles. The van der Waals surface area contributed by atoms with Crippen LogP contribution in [0.4, 0.5) is 5.95 Å². The number of ether oxygens (including phenoxy) is 2. The fourth-order valence-electron chi connectivity index (χ4n) is 4.10. The maximum Gasteiger partial charge on any atom is 0.272 e. The van der Waals surface area contributed by atoms with Gasteiger partial charge in [0.05, 0.1) is 18.2 Å². The Balaban J connectivity index is 1.52. The highest BCUT2D eigenvalue weighted by Crippen LogP contribution is 2.32. The highest BCUT2D eigenvalue weighted by atomic mass is 16.5. The number of morpholine rings is 1. The first-order valence-electron chi connectivity index (χ1n) is 9.28. The van der Waals surface area contributed by atoms with Crippen LogP contribution in [0.25, 0.3) is 0 Å². The van der Waals surface area contributed by atoms with Gasteiger partial charge in [-0.25, -0.2) is 9.97 Å². The third-order valence-corrected chi connectivity index (χ3v) is 5.35. The molecular formula is C18H26N4O3. The van der Waals surface area contributed by atoms with Crippen LogP contribution in [0.2, 0.25) is 0 Å². The summed E-state index contributed by atoms with van der Waals surface area (Å²) in [6, 6.07) is 1.72. The van der Waals surface area contributed by atoms with Crippen LogP contribution in [0.1, 0.15) is 43.1 Å². The first-order chi connectivity index (χ1) is 12.2. The molecule has 0 bridgehead atoms. The Labute approximate surface area is 148 Å². The quantitative estimate of drug-likeness (QED) is 0.808. The van der Waals surface area contributed by atoms with Gasteiger partial charge in [-0.2, -0.15) is 0 Å². The molecular weight excluding hydrogens is 320 g/mol. The second-order valence-corrected chi connectivity index (χ2v) is 7.35. The van der Waals surface area contributed by atoms with E-state index in [9.17, 15) is 4.79 Å². The first kappa shape index (κ1) is 16.7. The van der Waals surface area contributed by atoms with Gasteiger partial charge in [-0.15, -0.1) is 0 Å². The minimum atomic E-state index is -0.267. The molecule has 0 radical (unpaired) electrons. The molecule has 0 saturated carbocycles. The summed E-state index contributed by atoms with van der Waals surface area (Å²) in [7, 11) is 0. The number of aromatic nitrogens is 2. The average molecular weight is 346 g/mol. The lowest BCUT2D eigenvalue weighted by Gasteiger charge is -2.47. The number of anilines is 1. The molecule has 3 aliphatic rings. The number of nitrogens with zero attached hydrogens (tertiary/aromatic N) is 4. The van der Waals surface area contributed by atoms with Crippen molar-refractivity contribution >= 4 is 11.9 Å². The summed E-state index contributed by atoms with van der Waals surface area (Å²) >= 11 is 0. The number of carbonyl (C=O) groups excluding carboxylic acids is 1. The lowest BCUT2D eigenvalue weighted by Crippen LogP contribution is -2.58. The van der Waals surface area contributed by atoms with E-state index in [1.165, 1.54) is 0 Å². The Morgan fingerprint density at radius 1 is 1.28 bits per heavy atom. The van der Waals surface area contributed by atoms with Crippen molar-refractivity contribution in [1.29, 1.82) is 0 Å². The van der Waals surface area contributed by atoms with Crippen LogP contribution >= 0.6 is 0 Å². The molecule has 136 valence electrons. The molecule has 25 heavy (non-hydrogen) atoms. The number of carbonyl (C=O) groups is 1. The molecule has 0 N–H and O–H groups in total. The van der Waals surface area contributed by atoms with Gasteiger partial charge >= 0.3 is 0 Å². The molecule has 1 spiro atoms. The molecule has 1 unspecified atom stereocenters. The monoisotopic (exact) mass is 346 g/mol. The third kappa shape index (κ3) is 3.48. The van der Waals surface area contributed by atoms with Crippen LogP contribution in [-0.2, 0) is 9.47 Å². The molecule has 1 aromatic heterocycles. The average Bonchev–Trinajstić information content (AvgIpc) is 3.16. The second kappa shape index (κ2) is 6.88. The normalized spacial score (nSPS) is 26.2. The van der Waals surface area contributed by atoms with E-state index in [2.05, 4.69) is 14.9 Å². The zero-order valence-corrected chi connectivity index (χ0v) is 14.8. The number of hydrogen-bond donors (Lipinski definition) is 0. The van der Waals surface area contributed by atoms with Crippen LogP contribution in [-0.4, -0.2) is 71.9 Å². The predicted octanol–water partition coefficient (Wildman–Crippen LogP) is 1.49. The molecule has 1 aromatic rings. The maximum atomic E-state index is 13.1. The fourth-order valence-corrected chi connectivity index (χ4v) is 4.10. The van der Waals surface area contributed by atoms with Crippen molar-refractivity contribution in [2.45, 2.75) is 44.3 Å². The second-order valence-electron chi connectivity index (χ2n) is 7.35. The van der Waals surface area contributed by atoms with E-state index >= 15 is 0 Å². The highest BCUT2D eigenvalue weighted by molar-refractivity contribution is 5.92. The molecule has 4 rings (SSSR count). The molecule has 3 aliphatic heterocycles. The summed E-state index contributed by atoms with van der Waals surface area (Å²) in [5.74, 6) is 0.648. The summed E-state index contributed by atoms with van der Waals surface area (Å²) in [6.07, 6.45) is 5.71. The zero-order valence-electron chi connectivity index (χ0n) is 14.8. The topological polar surface area (TPSA) is 67.8 Å². The summed E-state index contributed by atoms with van der Waals surface area (Å²) < 4.78 is 11.7. The van der Waals surface area contributed by atoms with E-state index in [4.69, 9.17) is 9.47 Å². The van der Waals surface area contributed by atoms with E-state index in [1.807, 2.05) is 11.8 Å². The zero-order chi connectivity index (χ0) is 17.3. The molecule has 3 fully saturated rings. The van der Waals surface area contributed by atoms with Crippen molar-refractivity contribution in [3.05, 3.63) is 18.0 Å². The van der Waals surface area contributed by atoms with Crippen LogP contribution in [0, 0.1) is 0 Å². The SMILES string of the molecule is CC1CN(C(=O)c2ccnc(N3CCCC3)n2)CC2(CCOCC2)O1. The van der Waals surface area contributed by atoms with Gasteiger partial charge in [-0.05, 0) is 25.8 Å². The molecule has 0 aromatic carbocycles. The standard InChI is InChI=1S/C18H26N4O3/c1-14-12-22(13-18(25-14)5-10-24-11-6-18)16(23)15-4-7-19-17(20-15)21-8-2-3-9-21/h4,7,14H,2-3,5-6,8-13H2,1H3. The van der Waals surface area contributed by atoms with Gasteiger partial charge in [-0.3, -0.25) is 4.79 Å². The summed E-state index contributed by atoms with van der Waals surface area (Å²) in [5, 5.41) is 0. The van der Waals surface area contributed by atoms with Gasteiger partial charge in [0, 0.05) is 51.9 Å². The lowest BCUT2D eigenvalue weighted by molar-refractivity contribution is -0.176. The van der Waals surface area contributed by atoms with Gasteiger partial charge in [0.25, 0.3) is 5.91 Å². The van der Waals surface area contributed by atoms with Gasteiger partial charge in [0.1, 0.15) is 5.69 Å². The smallest absolute Gasteiger partial charge is 0.272 e. The maximum absolute atomic E-state index is 13.1. The van der Waals surface area contributed by atoms with Crippen LogP contribution < -0.4 is 4.90 Å². The minimum Gasteiger partial charge on any atom is -0.381 e. The van der Waals surface area contributed by atoms with Crippen LogP contribution in [0.3, 0.4) is 0 Å².